The number of anilines is 2. The predicted molar refractivity (Wildman–Crippen MR) is 125 cm³/mol. The van der Waals surface area contributed by atoms with Crippen LogP contribution >= 0.6 is 27.7 Å². The summed E-state index contributed by atoms with van der Waals surface area (Å²) in [6, 6.07) is 21.5. The van der Waals surface area contributed by atoms with Gasteiger partial charge in [0, 0.05) is 15.8 Å². The molecule has 0 saturated carbocycles. The van der Waals surface area contributed by atoms with E-state index in [2.05, 4.69) is 20.7 Å². The third-order valence-electron chi connectivity index (χ3n) is 4.73. The number of halogens is 1. The smallest absolute Gasteiger partial charge is 0.261 e. The van der Waals surface area contributed by atoms with Gasteiger partial charge in [0.2, 0.25) is 5.91 Å². The van der Waals surface area contributed by atoms with Crippen LogP contribution in [0.2, 0.25) is 0 Å². The van der Waals surface area contributed by atoms with E-state index in [9.17, 15) is 13.2 Å². The van der Waals surface area contributed by atoms with Gasteiger partial charge in [0.25, 0.3) is 10.0 Å². The van der Waals surface area contributed by atoms with Crippen LogP contribution in [0.25, 0.3) is 0 Å². The molecular weight excluding hydrogens is 484 g/mol. The molecule has 8 heteroatoms. The summed E-state index contributed by atoms with van der Waals surface area (Å²) in [4.78, 5) is 14.5. The van der Waals surface area contributed by atoms with Crippen molar-refractivity contribution in [2.75, 3.05) is 15.4 Å². The zero-order valence-corrected chi connectivity index (χ0v) is 19.3. The molecule has 4 rings (SSSR count). The number of thioether (sulfide) groups is 1. The van der Waals surface area contributed by atoms with E-state index in [1.165, 1.54) is 11.8 Å². The number of carbonyl (C=O) groups is 1. The normalized spacial score (nSPS) is 16.7. The highest BCUT2D eigenvalue weighted by Gasteiger charge is 2.34. The number of carbonyl (C=O) groups excluding carboxylic acids is 1. The largest absolute Gasteiger partial charge is 0.295 e. The van der Waals surface area contributed by atoms with Crippen LogP contribution in [0.5, 0.6) is 0 Å². The van der Waals surface area contributed by atoms with Crippen molar-refractivity contribution in [1.82, 2.24) is 0 Å². The Hall–Kier alpha value is -2.29. The van der Waals surface area contributed by atoms with Gasteiger partial charge in [-0.25, -0.2) is 8.42 Å². The Labute approximate surface area is 188 Å². The Kier molecular flexibility index (Phi) is 5.90. The molecular formula is C22H19BrN2O3S2. The quantitative estimate of drug-likeness (QED) is 0.511. The summed E-state index contributed by atoms with van der Waals surface area (Å²) in [6.45, 7) is 2.00. The lowest BCUT2D eigenvalue weighted by molar-refractivity contribution is -0.115. The number of hydrogen-bond donors (Lipinski definition) is 1. The number of rotatable bonds is 5. The van der Waals surface area contributed by atoms with E-state index in [0.717, 1.165) is 21.3 Å². The van der Waals surface area contributed by atoms with Crippen molar-refractivity contribution in [3.63, 3.8) is 0 Å². The molecule has 0 spiro atoms. The first kappa shape index (κ1) is 21.0. The second kappa shape index (κ2) is 8.45. The molecule has 1 saturated heterocycles. The second-order valence-corrected chi connectivity index (χ2v) is 10.6. The van der Waals surface area contributed by atoms with E-state index in [4.69, 9.17) is 0 Å². The van der Waals surface area contributed by atoms with Crippen molar-refractivity contribution in [3.8, 4) is 0 Å². The van der Waals surface area contributed by atoms with Gasteiger partial charge in [-0.2, -0.15) is 0 Å². The van der Waals surface area contributed by atoms with E-state index >= 15 is 0 Å². The van der Waals surface area contributed by atoms with E-state index in [0.29, 0.717) is 11.4 Å². The van der Waals surface area contributed by atoms with Crippen molar-refractivity contribution in [3.05, 3.63) is 88.4 Å². The molecule has 1 amide bonds. The van der Waals surface area contributed by atoms with E-state index in [1.807, 2.05) is 37.3 Å². The van der Waals surface area contributed by atoms with Crippen LogP contribution in [0.15, 0.2) is 82.2 Å². The number of benzene rings is 3. The van der Waals surface area contributed by atoms with E-state index in [-0.39, 0.29) is 16.2 Å². The molecule has 5 nitrogen and oxygen atoms in total. The summed E-state index contributed by atoms with van der Waals surface area (Å²) in [5, 5.41) is -0.211. The second-order valence-electron chi connectivity index (χ2n) is 6.95. The molecule has 3 aromatic rings. The van der Waals surface area contributed by atoms with Gasteiger partial charge in [-0.1, -0.05) is 45.8 Å². The van der Waals surface area contributed by atoms with Crippen LogP contribution in [-0.2, 0) is 14.8 Å². The molecule has 1 aliphatic heterocycles. The molecule has 1 N–H and O–H groups in total. The van der Waals surface area contributed by atoms with Crippen LogP contribution < -0.4 is 9.62 Å². The summed E-state index contributed by atoms with van der Waals surface area (Å²) in [5.74, 6) is 0.419. The molecule has 1 atom stereocenters. The Morgan fingerprint density at radius 3 is 2.43 bits per heavy atom. The Morgan fingerprint density at radius 1 is 1.03 bits per heavy atom. The van der Waals surface area contributed by atoms with Crippen molar-refractivity contribution in [1.29, 1.82) is 0 Å². The zero-order valence-electron chi connectivity index (χ0n) is 16.1. The SMILES string of the molecule is Cc1ccc(N2C(=O)CS[C@H]2c2cccc(NS(=O)(=O)c3ccc(Br)cc3)c2)cc1. The maximum absolute atomic E-state index is 12.7. The number of nitrogens with zero attached hydrogens (tertiary/aromatic N) is 1. The van der Waals surface area contributed by atoms with Gasteiger partial charge in [0.1, 0.15) is 5.37 Å². The van der Waals surface area contributed by atoms with Gasteiger partial charge in [-0.3, -0.25) is 14.4 Å². The molecule has 154 valence electrons. The van der Waals surface area contributed by atoms with E-state index in [1.54, 1.807) is 47.4 Å². The summed E-state index contributed by atoms with van der Waals surface area (Å²) >= 11 is 4.84. The Balaban J connectivity index is 1.62. The highest BCUT2D eigenvalue weighted by molar-refractivity contribution is 9.10. The van der Waals surface area contributed by atoms with Crippen LogP contribution in [0.4, 0.5) is 11.4 Å². The molecule has 30 heavy (non-hydrogen) atoms. The zero-order chi connectivity index (χ0) is 21.3. The first-order valence-corrected chi connectivity index (χ1v) is 12.5. The molecule has 0 unspecified atom stereocenters. The fraction of sp³-hybridized carbons (Fsp3) is 0.136. The lowest BCUT2D eigenvalue weighted by Gasteiger charge is -2.25. The average Bonchev–Trinajstić information content (AvgIpc) is 3.10. The highest BCUT2D eigenvalue weighted by atomic mass is 79.9. The van der Waals surface area contributed by atoms with Gasteiger partial charge in [-0.15, -0.1) is 11.8 Å². The van der Waals surface area contributed by atoms with Crippen molar-refractivity contribution in [2.24, 2.45) is 0 Å². The van der Waals surface area contributed by atoms with Crippen LogP contribution in [-0.4, -0.2) is 20.1 Å². The van der Waals surface area contributed by atoms with Gasteiger partial charge < -0.3 is 0 Å². The Bertz CT molecular complexity index is 1180. The maximum Gasteiger partial charge on any atom is 0.261 e. The lowest BCUT2D eigenvalue weighted by atomic mass is 10.1. The molecule has 1 fully saturated rings. The standard InChI is InChI=1S/C22H19BrN2O3S2/c1-15-5-9-19(10-6-15)25-21(26)14-29-22(25)16-3-2-4-18(13-16)24-30(27,28)20-11-7-17(23)8-12-20/h2-13,22,24H,14H2,1H3/t22-/m0/s1. The lowest BCUT2D eigenvalue weighted by Crippen LogP contribution is -2.27. The summed E-state index contributed by atoms with van der Waals surface area (Å²) in [5.41, 5.74) is 3.28. The number of amides is 1. The number of nitrogens with one attached hydrogen (secondary N) is 1. The predicted octanol–water partition coefficient (Wildman–Crippen LogP) is 5.34. The first-order chi connectivity index (χ1) is 14.3. The molecule has 1 aliphatic rings. The van der Waals surface area contributed by atoms with Gasteiger partial charge in [0.05, 0.1) is 10.6 Å². The first-order valence-electron chi connectivity index (χ1n) is 9.22. The fourth-order valence-electron chi connectivity index (χ4n) is 3.24. The molecule has 0 aliphatic carbocycles. The monoisotopic (exact) mass is 502 g/mol. The number of hydrogen-bond acceptors (Lipinski definition) is 4. The Morgan fingerprint density at radius 2 is 1.73 bits per heavy atom. The molecule has 0 aromatic heterocycles. The minimum atomic E-state index is -3.71. The molecule has 0 radical (unpaired) electrons. The summed E-state index contributed by atoms with van der Waals surface area (Å²) in [7, 11) is -3.71. The van der Waals surface area contributed by atoms with Crippen LogP contribution in [0.1, 0.15) is 16.5 Å². The van der Waals surface area contributed by atoms with Gasteiger partial charge in [0.15, 0.2) is 0 Å². The van der Waals surface area contributed by atoms with Crippen molar-refractivity contribution < 1.29 is 13.2 Å². The molecule has 0 bridgehead atoms. The topological polar surface area (TPSA) is 66.5 Å². The minimum Gasteiger partial charge on any atom is -0.295 e. The molecule has 1 heterocycles. The summed E-state index contributed by atoms with van der Waals surface area (Å²) in [6.07, 6.45) is 0. The van der Waals surface area contributed by atoms with E-state index < -0.39 is 10.0 Å². The highest BCUT2D eigenvalue weighted by Crippen LogP contribution is 2.42. The minimum absolute atomic E-state index is 0.0368. The third kappa shape index (κ3) is 4.40. The molecule has 3 aromatic carbocycles. The van der Waals surface area contributed by atoms with Crippen LogP contribution in [0, 0.1) is 6.92 Å². The van der Waals surface area contributed by atoms with Gasteiger partial charge in [-0.05, 0) is 61.0 Å². The summed E-state index contributed by atoms with van der Waals surface area (Å²) < 4.78 is 28.9. The van der Waals surface area contributed by atoms with Crippen LogP contribution in [0.3, 0.4) is 0 Å². The number of aryl methyl sites for hydroxylation is 1. The van der Waals surface area contributed by atoms with Crippen molar-refractivity contribution in [2.45, 2.75) is 17.2 Å². The third-order valence-corrected chi connectivity index (χ3v) is 7.87. The fourth-order valence-corrected chi connectivity index (χ4v) is 5.72. The number of sulfonamides is 1. The average molecular weight is 503 g/mol. The van der Waals surface area contributed by atoms with Gasteiger partial charge >= 0.3 is 0 Å². The maximum atomic E-state index is 12.7. The van der Waals surface area contributed by atoms with Crippen molar-refractivity contribution >= 4 is 55.0 Å².